The molecule has 0 bridgehead atoms. The van der Waals surface area contributed by atoms with E-state index in [1.807, 2.05) is 0 Å². The van der Waals surface area contributed by atoms with E-state index in [0.717, 1.165) is 0 Å². The molecule has 1 aromatic carbocycles. The van der Waals surface area contributed by atoms with Crippen molar-refractivity contribution in [2.24, 2.45) is 5.73 Å². The van der Waals surface area contributed by atoms with Crippen LogP contribution in [0.25, 0.3) is 0 Å². The lowest BCUT2D eigenvalue weighted by atomic mass is 9.91. The van der Waals surface area contributed by atoms with Gasteiger partial charge in [-0.05, 0) is 66.0 Å². The maximum atomic E-state index is 6.39. The van der Waals surface area contributed by atoms with E-state index in [9.17, 15) is 0 Å². The lowest BCUT2D eigenvalue weighted by Gasteiger charge is -2.19. The molecule has 2 rings (SSSR count). The maximum Gasteiger partial charge on any atom is 0.0511 e. The molecule has 1 atom stereocenters. The van der Waals surface area contributed by atoms with Crippen molar-refractivity contribution in [2.45, 2.75) is 44.6 Å². The summed E-state index contributed by atoms with van der Waals surface area (Å²) in [4.78, 5) is 0. The van der Waals surface area contributed by atoms with Crippen LogP contribution in [0.3, 0.4) is 0 Å². The van der Waals surface area contributed by atoms with Crippen molar-refractivity contribution in [3.63, 3.8) is 0 Å². The Morgan fingerprint density at radius 3 is 2.76 bits per heavy atom. The van der Waals surface area contributed by atoms with E-state index in [0.29, 0.717) is 0 Å². The first-order valence-electron chi connectivity index (χ1n) is 6.47. The fourth-order valence-corrected chi connectivity index (χ4v) is 2.98. The average Bonchev–Trinajstić information content (AvgIpc) is 2.28. The SMILES string of the molecule is NC(/C1=C/CCCCCC1)c1cccc(I)c1. The molecule has 17 heavy (non-hydrogen) atoms. The molecule has 0 aliphatic heterocycles. The molecule has 0 fully saturated rings. The molecule has 0 aromatic heterocycles. The summed E-state index contributed by atoms with van der Waals surface area (Å²) in [5.41, 5.74) is 9.08. The maximum absolute atomic E-state index is 6.39. The van der Waals surface area contributed by atoms with Gasteiger partial charge in [0.25, 0.3) is 0 Å². The Hall–Kier alpha value is -0.350. The smallest absolute Gasteiger partial charge is 0.0511 e. The van der Waals surface area contributed by atoms with Gasteiger partial charge in [0.05, 0.1) is 6.04 Å². The molecule has 0 spiro atoms. The van der Waals surface area contributed by atoms with E-state index < -0.39 is 0 Å². The van der Waals surface area contributed by atoms with Crippen molar-refractivity contribution >= 4 is 22.6 Å². The zero-order valence-electron chi connectivity index (χ0n) is 10.2. The van der Waals surface area contributed by atoms with Gasteiger partial charge >= 0.3 is 0 Å². The van der Waals surface area contributed by atoms with Crippen LogP contribution in [0.15, 0.2) is 35.9 Å². The third-order valence-electron chi connectivity index (χ3n) is 3.43. The first-order chi connectivity index (χ1) is 8.27. The summed E-state index contributed by atoms with van der Waals surface area (Å²) in [6, 6.07) is 8.66. The molecule has 0 amide bonds. The highest BCUT2D eigenvalue weighted by Gasteiger charge is 2.12. The van der Waals surface area contributed by atoms with Crippen LogP contribution in [0.5, 0.6) is 0 Å². The van der Waals surface area contributed by atoms with E-state index in [2.05, 4.69) is 52.9 Å². The van der Waals surface area contributed by atoms with Crippen LogP contribution in [0.4, 0.5) is 0 Å². The van der Waals surface area contributed by atoms with Gasteiger partial charge < -0.3 is 5.73 Å². The van der Waals surface area contributed by atoms with Crippen molar-refractivity contribution in [3.05, 3.63) is 45.0 Å². The van der Waals surface area contributed by atoms with Crippen molar-refractivity contribution in [1.29, 1.82) is 0 Å². The Labute approximate surface area is 118 Å². The van der Waals surface area contributed by atoms with E-state index in [4.69, 9.17) is 5.73 Å². The molecule has 92 valence electrons. The van der Waals surface area contributed by atoms with Gasteiger partial charge in [0.2, 0.25) is 0 Å². The molecule has 0 saturated carbocycles. The number of allylic oxidation sites excluding steroid dienone is 1. The highest BCUT2D eigenvalue weighted by molar-refractivity contribution is 14.1. The first-order valence-corrected chi connectivity index (χ1v) is 7.55. The Bertz CT molecular complexity index is 398. The third kappa shape index (κ3) is 3.81. The molecule has 1 unspecified atom stereocenters. The Balaban J connectivity index is 2.14. The largest absolute Gasteiger partial charge is 0.321 e. The third-order valence-corrected chi connectivity index (χ3v) is 4.10. The fourth-order valence-electron chi connectivity index (χ4n) is 2.41. The van der Waals surface area contributed by atoms with E-state index in [-0.39, 0.29) is 6.04 Å². The fraction of sp³-hybridized carbons (Fsp3) is 0.467. The van der Waals surface area contributed by atoms with E-state index in [1.165, 1.54) is 53.2 Å². The number of nitrogens with two attached hydrogens (primary N) is 1. The monoisotopic (exact) mass is 341 g/mol. The van der Waals surface area contributed by atoms with Gasteiger partial charge in [-0.1, -0.05) is 36.6 Å². The van der Waals surface area contributed by atoms with Crippen molar-refractivity contribution in [3.8, 4) is 0 Å². The second-order valence-corrected chi connectivity index (χ2v) is 6.01. The zero-order valence-corrected chi connectivity index (χ0v) is 12.3. The minimum Gasteiger partial charge on any atom is -0.321 e. The lowest BCUT2D eigenvalue weighted by molar-refractivity contribution is 0.602. The second kappa shape index (κ2) is 6.55. The molecule has 2 heteroatoms. The van der Waals surface area contributed by atoms with Crippen LogP contribution < -0.4 is 5.73 Å². The van der Waals surface area contributed by atoms with Crippen LogP contribution in [0.2, 0.25) is 0 Å². The number of halogens is 1. The van der Waals surface area contributed by atoms with Gasteiger partial charge in [0.15, 0.2) is 0 Å². The molecule has 2 N–H and O–H groups in total. The predicted molar refractivity (Wildman–Crippen MR) is 81.9 cm³/mol. The summed E-state index contributed by atoms with van der Waals surface area (Å²) in [6.07, 6.45) is 10.1. The summed E-state index contributed by atoms with van der Waals surface area (Å²) in [5, 5.41) is 0. The standard InChI is InChI=1S/C15H20IN/c16-14-10-6-9-13(11-14)15(17)12-7-4-2-1-3-5-8-12/h6-7,9-11,15H,1-5,8,17H2/b12-7+. The van der Waals surface area contributed by atoms with Crippen LogP contribution in [0, 0.1) is 3.57 Å². The molecule has 1 aliphatic rings. The summed E-state index contributed by atoms with van der Waals surface area (Å²) >= 11 is 2.35. The summed E-state index contributed by atoms with van der Waals surface area (Å²) in [5.74, 6) is 0. The van der Waals surface area contributed by atoms with E-state index in [1.54, 1.807) is 0 Å². The molecule has 1 aromatic rings. The highest BCUT2D eigenvalue weighted by Crippen LogP contribution is 2.27. The number of benzene rings is 1. The zero-order chi connectivity index (χ0) is 12.1. The number of rotatable bonds is 2. The second-order valence-electron chi connectivity index (χ2n) is 4.76. The van der Waals surface area contributed by atoms with Gasteiger partial charge in [-0.25, -0.2) is 0 Å². The number of hydrogen-bond acceptors (Lipinski definition) is 1. The summed E-state index contributed by atoms with van der Waals surface area (Å²) in [6.45, 7) is 0. The van der Waals surface area contributed by atoms with Crippen molar-refractivity contribution < 1.29 is 0 Å². The van der Waals surface area contributed by atoms with Crippen LogP contribution in [0.1, 0.15) is 50.1 Å². The Kier molecular flexibility index (Phi) is 5.04. The van der Waals surface area contributed by atoms with Crippen molar-refractivity contribution in [2.75, 3.05) is 0 Å². The predicted octanol–water partition coefficient (Wildman–Crippen LogP) is 4.57. The minimum atomic E-state index is 0.0998. The minimum absolute atomic E-state index is 0.0998. The average molecular weight is 341 g/mol. The highest BCUT2D eigenvalue weighted by atomic mass is 127. The van der Waals surface area contributed by atoms with Gasteiger partial charge in [0, 0.05) is 3.57 Å². The quantitative estimate of drug-likeness (QED) is 0.619. The van der Waals surface area contributed by atoms with Crippen molar-refractivity contribution in [1.82, 2.24) is 0 Å². The van der Waals surface area contributed by atoms with Gasteiger partial charge in [-0.2, -0.15) is 0 Å². The molecular formula is C15H20IN. The molecule has 1 nitrogen and oxygen atoms in total. The number of hydrogen-bond donors (Lipinski definition) is 1. The summed E-state index contributed by atoms with van der Waals surface area (Å²) in [7, 11) is 0. The lowest BCUT2D eigenvalue weighted by Crippen LogP contribution is -2.14. The van der Waals surface area contributed by atoms with Crippen LogP contribution in [-0.2, 0) is 0 Å². The molecular weight excluding hydrogens is 321 g/mol. The summed E-state index contributed by atoms with van der Waals surface area (Å²) < 4.78 is 1.27. The first kappa shape index (κ1) is 13.1. The van der Waals surface area contributed by atoms with Crippen LogP contribution in [-0.4, -0.2) is 0 Å². The van der Waals surface area contributed by atoms with Gasteiger partial charge in [-0.3, -0.25) is 0 Å². The van der Waals surface area contributed by atoms with Gasteiger partial charge in [-0.15, -0.1) is 0 Å². The Morgan fingerprint density at radius 1 is 1.12 bits per heavy atom. The van der Waals surface area contributed by atoms with E-state index >= 15 is 0 Å². The topological polar surface area (TPSA) is 26.0 Å². The Morgan fingerprint density at radius 2 is 1.94 bits per heavy atom. The molecule has 0 saturated heterocycles. The van der Waals surface area contributed by atoms with Gasteiger partial charge in [0.1, 0.15) is 0 Å². The molecule has 0 heterocycles. The van der Waals surface area contributed by atoms with Crippen LogP contribution >= 0.6 is 22.6 Å². The molecule has 1 aliphatic carbocycles. The molecule has 0 radical (unpaired) electrons. The normalized spacial score (nSPS) is 22.1.